The number of pyridine rings is 1. The Hall–Kier alpha value is -3.29. The van der Waals surface area contributed by atoms with Gasteiger partial charge in [-0.2, -0.15) is 5.10 Å². The number of rotatable bonds is 4. The van der Waals surface area contributed by atoms with Gasteiger partial charge in [0.15, 0.2) is 5.65 Å². The number of nitrogens with zero attached hydrogens (tertiary/aromatic N) is 5. The SMILES string of the molecule is Cc1c(C(=O)N2CCC(C(=O)NCc3ccccn3)CC2)cnc2ccnn12. The van der Waals surface area contributed by atoms with Crippen molar-refractivity contribution in [2.75, 3.05) is 13.1 Å². The lowest BCUT2D eigenvalue weighted by molar-refractivity contribution is -0.126. The molecule has 0 bridgehead atoms. The predicted molar refractivity (Wildman–Crippen MR) is 102 cm³/mol. The Morgan fingerprint density at radius 2 is 1.96 bits per heavy atom. The molecule has 1 fully saturated rings. The van der Waals surface area contributed by atoms with Crippen molar-refractivity contribution in [3.05, 3.63) is 59.8 Å². The van der Waals surface area contributed by atoms with Crippen molar-refractivity contribution < 1.29 is 9.59 Å². The monoisotopic (exact) mass is 378 g/mol. The molecular weight excluding hydrogens is 356 g/mol. The van der Waals surface area contributed by atoms with Crippen LogP contribution in [-0.4, -0.2) is 49.4 Å². The average Bonchev–Trinajstić information content (AvgIpc) is 3.22. The van der Waals surface area contributed by atoms with Crippen LogP contribution in [0.1, 0.15) is 34.6 Å². The second-order valence-corrected chi connectivity index (χ2v) is 6.96. The molecule has 0 spiro atoms. The zero-order chi connectivity index (χ0) is 19.5. The topological polar surface area (TPSA) is 92.5 Å². The summed E-state index contributed by atoms with van der Waals surface area (Å²) in [6.07, 6.45) is 6.29. The van der Waals surface area contributed by atoms with E-state index in [0.29, 0.717) is 38.0 Å². The summed E-state index contributed by atoms with van der Waals surface area (Å²) >= 11 is 0. The van der Waals surface area contributed by atoms with Crippen molar-refractivity contribution >= 4 is 17.5 Å². The van der Waals surface area contributed by atoms with E-state index in [1.54, 1.807) is 34.1 Å². The molecule has 28 heavy (non-hydrogen) atoms. The number of piperidine rings is 1. The highest BCUT2D eigenvalue weighted by molar-refractivity contribution is 5.95. The molecule has 1 N–H and O–H groups in total. The first-order chi connectivity index (χ1) is 13.6. The van der Waals surface area contributed by atoms with Crippen LogP contribution in [0.4, 0.5) is 0 Å². The van der Waals surface area contributed by atoms with Gasteiger partial charge < -0.3 is 10.2 Å². The molecule has 0 radical (unpaired) electrons. The lowest BCUT2D eigenvalue weighted by Crippen LogP contribution is -2.43. The third kappa shape index (κ3) is 3.58. The highest BCUT2D eigenvalue weighted by Crippen LogP contribution is 2.20. The number of fused-ring (bicyclic) bond motifs is 1. The Labute approximate surface area is 162 Å². The smallest absolute Gasteiger partial charge is 0.257 e. The zero-order valence-corrected chi connectivity index (χ0v) is 15.7. The van der Waals surface area contributed by atoms with E-state index in [-0.39, 0.29) is 17.7 Å². The fraction of sp³-hybridized carbons (Fsp3) is 0.350. The van der Waals surface area contributed by atoms with Gasteiger partial charge in [-0.15, -0.1) is 0 Å². The molecule has 8 heteroatoms. The van der Waals surface area contributed by atoms with E-state index < -0.39 is 0 Å². The predicted octanol–water partition coefficient (Wildman–Crippen LogP) is 1.60. The number of carbonyl (C=O) groups is 2. The van der Waals surface area contributed by atoms with Gasteiger partial charge in [-0.25, -0.2) is 9.50 Å². The Morgan fingerprint density at radius 3 is 2.71 bits per heavy atom. The van der Waals surface area contributed by atoms with Gasteiger partial charge in [-0.1, -0.05) is 6.07 Å². The quantitative estimate of drug-likeness (QED) is 0.744. The van der Waals surface area contributed by atoms with Crippen LogP contribution < -0.4 is 5.32 Å². The summed E-state index contributed by atoms with van der Waals surface area (Å²) < 4.78 is 1.67. The summed E-state index contributed by atoms with van der Waals surface area (Å²) in [6, 6.07) is 7.43. The van der Waals surface area contributed by atoms with Crippen LogP contribution in [-0.2, 0) is 11.3 Å². The normalized spacial score (nSPS) is 15.0. The third-order valence-electron chi connectivity index (χ3n) is 5.21. The van der Waals surface area contributed by atoms with Crippen molar-refractivity contribution in [2.24, 2.45) is 5.92 Å². The maximum Gasteiger partial charge on any atom is 0.257 e. The molecule has 0 aromatic carbocycles. The minimum Gasteiger partial charge on any atom is -0.350 e. The lowest BCUT2D eigenvalue weighted by Gasteiger charge is -2.31. The van der Waals surface area contributed by atoms with Gasteiger partial charge in [-0.3, -0.25) is 14.6 Å². The Morgan fingerprint density at radius 1 is 1.14 bits per heavy atom. The van der Waals surface area contributed by atoms with Crippen LogP contribution in [0.25, 0.3) is 5.65 Å². The molecule has 1 aliphatic heterocycles. The molecule has 3 aromatic heterocycles. The van der Waals surface area contributed by atoms with Crippen LogP contribution >= 0.6 is 0 Å². The van der Waals surface area contributed by atoms with E-state index in [9.17, 15) is 9.59 Å². The molecule has 144 valence electrons. The number of aryl methyl sites for hydroxylation is 1. The van der Waals surface area contributed by atoms with E-state index in [2.05, 4.69) is 20.4 Å². The van der Waals surface area contributed by atoms with E-state index >= 15 is 0 Å². The molecule has 2 amide bonds. The van der Waals surface area contributed by atoms with Gasteiger partial charge in [0.05, 0.1) is 29.7 Å². The number of likely N-dealkylation sites (tertiary alicyclic amines) is 1. The molecule has 1 saturated heterocycles. The number of carbonyl (C=O) groups excluding carboxylic acids is 2. The van der Waals surface area contributed by atoms with E-state index in [4.69, 9.17) is 0 Å². The Balaban J connectivity index is 1.34. The van der Waals surface area contributed by atoms with Crippen LogP contribution in [0.15, 0.2) is 42.9 Å². The number of hydrogen-bond donors (Lipinski definition) is 1. The van der Waals surface area contributed by atoms with Gasteiger partial charge in [0.25, 0.3) is 5.91 Å². The van der Waals surface area contributed by atoms with E-state index in [0.717, 1.165) is 17.0 Å². The molecule has 4 heterocycles. The second-order valence-electron chi connectivity index (χ2n) is 6.96. The molecule has 3 aromatic rings. The second kappa shape index (κ2) is 7.75. The number of hydrogen-bond acceptors (Lipinski definition) is 5. The highest BCUT2D eigenvalue weighted by Gasteiger charge is 2.28. The van der Waals surface area contributed by atoms with E-state index in [1.807, 2.05) is 25.1 Å². The molecule has 0 saturated carbocycles. The summed E-state index contributed by atoms with van der Waals surface area (Å²) in [5.41, 5.74) is 2.88. The van der Waals surface area contributed by atoms with Crippen LogP contribution in [0.2, 0.25) is 0 Å². The first-order valence-corrected chi connectivity index (χ1v) is 9.39. The Kier molecular flexibility index (Phi) is 5.01. The summed E-state index contributed by atoms with van der Waals surface area (Å²) in [5, 5.41) is 7.16. The van der Waals surface area contributed by atoms with Crippen LogP contribution in [0, 0.1) is 12.8 Å². The van der Waals surface area contributed by atoms with Gasteiger partial charge >= 0.3 is 0 Å². The fourth-order valence-electron chi connectivity index (χ4n) is 3.54. The minimum absolute atomic E-state index is 0.0218. The van der Waals surface area contributed by atoms with Gasteiger partial charge in [0, 0.05) is 37.5 Å². The number of amides is 2. The Bertz CT molecular complexity index is 992. The zero-order valence-electron chi connectivity index (χ0n) is 15.7. The van der Waals surface area contributed by atoms with Gasteiger partial charge in [0.1, 0.15) is 0 Å². The molecule has 8 nitrogen and oxygen atoms in total. The molecule has 1 aliphatic rings. The third-order valence-corrected chi connectivity index (χ3v) is 5.21. The largest absolute Gasteiger partial charge is 0.350 e. The van der Waals surface area contributed by atoms with Crippen molar-refractivity contribution in [1.29, 1.82) is 0 Å². The first kappa shape index (κ1) is 18.1. The summed E-state index contributed by atoms with van der Waals surface area (Å²) in [6.45, 7) is 3.40. The molecular formula is C20H22N6O2. The fourth-order valence-corrected chi connectivity index (χ4v) is 3.54. The minimum atomic E-state index is -0.0828. The highest BCUT2D eigenvalue weighted by atomic mass is 16.2. The summed E-state index contributed by atoms with van der Waals surface area (Å²) in [5.74, 6) is -0.121. The number of nitrogens with one attached hydrogen (secondary N) is 1. The van der Waals surface area contributed by atoms with Gasteiger partial charge in [0.2, 0.25) is 5.91 Å². The standard InChI is InChI=1S/C20H22N6O2/c1-14-17(13-22-18-5-9-24-26(14)18)20(28)25-10-6-15(7-11-25)19(27)23-12-16-4-2-3-8-21-16/h2-5,8-9,13,15H,6-7,10-12H2,1H3,(H,23,27). The number of aromatic nitrogens is 4. The van der Waals surface area contributed by atoms with Crippen LogP contribution in [0.5, 0.6) is 0 Å². The van der Waals surface area contributed by atoms with Gasteiger partial charge in [-0.05, 0) is 31.9 Å². The molecule has 4 rings (SSSR count). The summed E-state index contributed by atoms with van der Waals surface area (Å²) in [4.78, 5) is 35.6. The maximum atomic E-state index is 12.9. The van der Waals surface area contributed by atoms with Crippen LogP contribution in [0.3, 0.4) is 0 Å². The molecule has 0 aliphatic carbocycles. The average molecular weight is 378 g/mol. The lowest BCUT2D eigenvalue weighted by atomic mass is 9.95. The van der Waals surface area contributed by atoms with Crippen molar-refractivity contribution in [1.82, 2.24) is 29.8 Å². The molecule has 0 unspecified atom stereocenters. The first-order valence-electron chi connectivity index (χ1n) is 9.39. The maximum absolute atomic E-state index is 12.9. The van der Waals surface area contributed by atoms with E-state index in [1.165, 1.54) is 0 Å². The summed E-state index contributed by atoms with van der Waals surface area (Å²) in [7, 11) is 0. The van der Waals surface area contributed by atoms with Crippen molar-refractivity contribution in [2.45, 2.75) is 26.3 Å². The van der Waals surface area contributed by atoms with Crippen molar-refractivity contribution in [3.63, 3.8) is 0 Å². The van der Waals surface area contributed by atoms with Crippen molar-refractivity contribution in [3.8, 4) is 0 Å². The molecule has 0 atom stereocenters.